The molecule has 5 heteroatoms. The van der Waals surface area contributed by atoms with E-state index in [9.17, 15) is 4.79 Å². The quantitative estimate of drug-likeness (QED) is 0.789. The molecule has 0 saturated heterocycles. The molecule has 2 rings (SSSR count). The number of carbonyl (C=O) groups is 1. The molecule has 0 spiro atoms. The summed E-state index contributed by atoms with van der Waals surface area (Å²) in [5.41, 5.74) is 0. The third kappa shape index (κ3) is 3.99. The Labute approximate surface area is 119 Å². The molecule has 1 aromatic carbocycles. The van der Waals surface area contributed by atoms with E-state index >= 15 is 0 Å². The zero-order valence-electron chi connectivity index (χ0n) is 11.7. The number of para-hydroxylation sites is 2. The SMILES string of the molecule is C=CCNC(=O)CN(C)CC1COc2ccccc2O1. The third-order valence-electron chi connectivity index (χ3n) is 2.94. The van der Waals surface area contributed by atoms with Crippen molar-refractivity contribution in [3.63, 3.8) is 0 Å². The second kappa shape index (κ2) is 6.96. The van der Waals surface area contributed by atoms with Gasteiger partial charge in [-0.25, -0.2) is 0 Å². The Bertz CT molecular complexity index is 476. The molecule has 1 aromatic rings. The number of ether oxygens (including phenoxy) is 2. The Balaban J connectivity index is 1.80. The number of hydrogen-bond acceptors (Lipinski definition) is 4. The van der Waals surface area contributed by atoms with Gasteiger partial charge in [0, 0.05) is 13.1 Å². The van der Waals surface area contributed by atoms with Crippen molar-refractivity contribution in [2.24, 2.45) is 0 Å². The van der Waals surface area contributed by atoms with Gasteiger partial charge in [-0.05, 0) is 19.2 Å². The van der Waals surface area contributed by atoms with Gasteiger partial charge in [0.25, 0.3) is 0 Å². The van der Waals surface area contributed by atoms with Crippen LogP contribution in [0.3, 0.4) is 0 Å². The number of benzene rings is 1. The van der Waals surface area contributed by atoms with Gasteiger partial charge in [0.2, 0.25) is 5.91 Å². The van der Waals surface area contributed by atoms with Crippen molar-refractivity contribution >= 4 is 5.91 Å². The van der Waals surface area contributed by atoms with Crippen LogP contribution in [-0.2, 0) is 4.79 Å². The molecule has 1 amide bonds. The lowest BCUT2D eigenvalue weighted by atomic mass is 10.2. The maximum absolute atomic E-state index is 11.6. The Morgan fingerprint density at radius 1 is 1.50 bits per heavy atom. The van der Waals surface area contributed by atoms with Crippen molar-refractivity contribution in [1.29, 1.82) is 0 Å². The van der Waals surface area contributed by atoms with Crippen molar-refractivity contribution in [2.45, 2.75) is 6.10 Å². The average molecular weight is 276 g/mol. The summed E-state index contributed by atoms with van der Waals surface area (Å²) in [6.45, 7) is 5.51. The molecule has 1 unspecified atom stereocenters. The topological polar surface area (TPSA) is 50.8 Å². The molecule has 0 aliphatic carbocycles. The van der Waals surface area contributed by atoms with Crippen LogP contribution in [0.2, 0.25) is 0 Å². The number of nitrogens with zero attached hydrogens (tertiary/aromatic N) is 1. The third-order valence-corrected chi connectivity index (χ3v) is 2.94. The zero-order chi connectivity index (χ0) is 14.4. The van der Waals surface area contributed by atoms with Gasteiger partial charge in [0.05, 0.1) is 6.54 Å². The number of carbonyl (C=O) groups excluding carboxylic acids is 1. The minimum Gasteiger partial charge on any atom is -0.486 e. The van der Waals surface area contributed by atoms with Crippen LogP contribution in [0.5, 0.6) is 11.5 Å². The molecule has 1 aliphatic rings. The number of hydrogen-bond donors (Lipinski definition) is 1. The highest BCUT2D eigenvalue weighted by Crippen LogP contribution is 2.30. The van der Waals surface area contributed by atoms with E-state index in [1.165, 1.54) is 0 Å². The first-order valence-electron chi connectivity index (χ1n) is 6.63. The van der Waals surface area contributed by atoms with Crippen LogP contribution >= 0.6 is 0 Å². The lowest BCUT2D eigenvalue weighted by Crippen LogP contribution is -2.43. The number of nitrogens with one attached hydrogen (secondary N) is 1. The fourth-order valence-electron chi connectivity index (χ4n) is 2.05. The minimum atomic E-state index is -0.0675. The fourth-order valence-corrected chi connectivity index (χ4v) is 2.05. The predicted octanol–water partition coefficient (Wildman–Crippen LogP) is 1.06. The van der Waals surface area contributed by atoms with Gasteiger partial charge < -0.3 is 14.8 Å². The van der Waals surface area contributed by atoms with E-state index in [-0.39, 0.29) is 12.0 Å². The van der Waals surface area contributed by atoms with E-state index in [1.54, 1.807) is 6.08 Å². The zero-order valence-corrected chi connectivity index (χ0v) is 11.7. The van der Waals surface area contributed by atoms with Crippen LogP contribution in [0.15, 0.2) is 36.9 Å². The summed E-state index contributed by atoms with van der Waals surface area (Å²) in [7, 11) is 1.89. The number of likely N-dealkylation sites (N-methyl/N-ethyl adjacent to an activating group) is 1. The van der Waals surface area contributed by atoms with Gasteiger partial charge in [0.1, 0.15) is 12.7 Å². The Morgan fingerprint density at radius 3 is 3.00 bits per heavy atom. The molecule has 108 valence electrons. The van der Waals surface area contributed by atoms with Crippen LogP contribution in [0.25, 0.3) is 0 Å². The van der Waals surface area contributed by atoms with E-state index in [4.69, 9.17) is 9.47 Å². The lowest BCUT2D eigenvalue weighted by Gasteiger charge is -2.29. The summed E-state index contributed by atoms with van der Waals surface area (Å²) in [4.78, 5) is 13.5. The Morgan fingerprint density at radius 2 is 2.25 bits per heavy atom. The molecule has 0 bridgehead atoms. The molecule has 0 saturated carbocycles. The number of fused-ring (bicyclic) bond motifs is 1. The molecule has 0 aromatic heterocycles. The molecule has 1 N–H and O–H groups in total. The van der Waals surface area contributed by atoms with Crippen LogP contribution < -0.4 is 14.8 Å². The van der Waals surface area contributed by atoms with Gasteiger partial charge in [0.15, 0.2) is 11.5 Å². The van der Waals surface area contributed by atoms with E-state index in [2.05, 4.69) is 11.9 Å². The fraction of sp³-hybridized carbons (Fsp3) is 0.400. The standard InChI is InChI=1S/C15H20N2O3/c1-3-8-16-15(18)10-17(2)9-12-11-19-13-6-4-5-7-14(13)20-12/h3-7,12H,1,8-11H2,2H3,(H,16,18). The molecule has 1 heterocycles. The van der Waals surface area contributed by atoms with Crippen LogP contribution in [0.1, 0.15) is 0 Å². The van der Waals surface area contributed by atoms with E-state index in [0.29, 0.717) is 26.2 Å². The first-order chi connectivity index (χ1) is 9.69. The molecular formula is C15H20N2O3. The first kappa shape index (κ1) is 14.4. The minimum absolute atomic E-state index is 0.0236. The Hall–Kier alpha value is -2.01. The number of rotatable bonds is 6. The molecule has 0 fully saturated rings. The summed E-state index contributed by atoms with van der Waals surface area (Å²) in [5, 5.41) is 2.75. The lowest BCUT2D eigenvalue weighted by molar-refractivity contribution is -0.122. The maximum atomic E-state index is 11.6. The Kier molecular flexibility index (Phi) is 5.01. The average Bonchev–Trinajstić information content (AvgIpc) is 2.44. The highest BCUT2D eigenvalue weighted by atomic mass is 16.6. The monoisotopic (exact) mass is 276 g/mol. The van der Waals surface area contributed by atoms with Crippen LogP contribution in [0, 0.1) is 0 Å². The first-order valence-corrected chi connectivity index (χ1v) is 6.63. The smallest absolute Gasteiger partial charge is 0.234 e. The predicted molar refractivity (Wildman–Crippen MR) is 77.1 cm³/mol. The summed E-state index contributed by atoms with van der Waals surface area (Å²) in [6.07, 6.45) is 1.59. The maximum Gasteiger partial charge on any atom is 0.234 e. The summed E-state index contributed by atoms with van der Waals surface area (Å²) in [6, 6.07) is 7.60. The largest absolute Gasteiger partial charge is 0.486 e. The molecule has 0 radical (unpaired) electrons. The second-order valence-electron chi connectivity index (χ2n) is 4.79. The van der Waals surface area contributed by atoms with Gasteiger partial charge in [-0.2, -0.15) is 0 Å². The van der Waals surface area contributed by atoms with Crippen molar-refractivity contribution in [3.8, 4) is 11.5 Å². The molecular weight excluding hydrogens is 256 g/mol. The molecule has 1 aliphatic heterocycles. The highest BCUT2D eigenvalue weighted by molar-refractivity contribution is 5.78. The molecule has 20 heavy (non-hydrogen) atoms. The number of amides is 1. The van der Waals surface area contributed by atoms with E-state index in [1.807, 2.05) is 36.2 Å². The summed E-state index contributed by atoms with van der Waals surface area (Å²) >= 11 is 0. The van der Waals surface area contributed by atoms with E-state index in [0.717, 1.165) is 11.5 Å². The van der Waals surface area contributed by atoms with Crippen molar-refractivity contribution < 1.29 is 14.3 Å². The van der Waals surface area contributed by atoms with Crippen molar-refractivity contribution in [2.75, 3.05) is 33.3 Å². The van der Waals surface area contributed by atoms with Gasteiger partial charge >= 0.3 is 0 Å². The summed E-state index contributed by atoms with van der Waals surface area (Å²) < 4.78 is 11.5. The molecule has 1 atom stereocenters. The van der Waals surface area contributed by atoms with E-state index < -0.39 is 0 Å². The molecule has 5 nitrogen and oxygen atoms in total. The van der Waals surface area contributed by atoms with Gasteiger partial charge in [-0.3, -0.25) is 9.69 Å². The van der Waals surface area contributed by atoms with Crippen molar-refractivity contribution in [1.82, 2.24) is 10.2 Å². The highest BCUT2D eigenvalue weighted by Gasteiger charge is 2.22. The summed E-state index contributed by atoms with van der Waals surface area (Å²) in [5.74, 6) is 1.51. The van der Waals surface area contributed by atoms with Gasteiger partial charge in [-0.1, -0.05) is 18.2 Å². The van der Waals surface area contributed by atoms with Crippen molar-refractivity contribution in [3.05, 3.63) is 36.9 Å². The van der Waals surface area contributed by atoms with Crippen LogP contribution in [-0.4, -0.2) is 50.2 Å². The van der Waals surface area contributed by atoms with Crippen LogP contribution in [0.4, 0.5) is 0 Å². The normalized spacial score (nSPS) is 16.8. The van der Waals surface area contributed by atoms with Gasteiger partial charge in [-0.15, -0.1) is 6.58 Å². The second-order valence-corrected chi connectivity index (χ2v) is 4.79.